The fourth-order valence-electron chi connectivity index (χ4n) is 8.48. The number of para-hydroxylation sites is 2. The number of amides is 3. The van der Waals surface area contributed by atoms with Crippen molar-refractivity contribution < 1.29 is 32.7 Å². The molecule has 70 heavy (non-hydrogen) atoms. The van der Waals surface area contributed by atoms with Crippen molar-refractivity contribution in [3.8, 4) is 34.1 Å². The van der Waals surface area contributed by atoms with E-state index < -0.39 is 0 Å². The van der Waals surface area contributed by atoms with Gasteiger partial charge in [-0.25, -0.2) is 0 Å². The van der Waals surface area contributed by atoms with Crippen LogP contribution in [0.15, 0.2) is 128 Å². The zero-order valence-corrected chi connectivity index (χ0v) is 40.6. The van der Waals surface area contributed by atoms with Crippen molar-refractivity contribution in [3.05, 3.63) is 130 Å². The average molecular weight is 975 g/mol. The molecule has 4 aliphatic heterocycles. The first-order valence-electron chi connectivity index (χ1n) is 24.6. The third-order valence-electron chi connectivity index (χ3n) is 12.5. The number of fused-ring (bicyclic) bond motifs is 2. The number of likely N-dealkylation sites (tertiary alicyclic amines) is 2. The highest BCUT2D eigenvalue weighted by Crippen LogP contribution is 2.26. The maximum absolute atomic E-state index is 12.2. The van der Waals surface area contributed by atoms with Gasteiger partial charge in [0.1, 0.15) is 40.1 Å². The van der Waals surface area contributed by atoms with Gasteiger partial charge in [0.15, 0.2) is 24.1 Å². The lowest BCUT2D eigenvalue weighted by Crippen LogP contribution is -2.47. The highest BCUT2D eigenvalue weighted by Gasteiger charge is 2.19. The molecule has 0 atom stereocenters. The molecular weight excluding hydrogens is 910 g/mol. The van der Waals surface area contributed by atoms with Crippen LogP contribution in [0.25, 0.3) is 44.6 Å². The monoisotopic (exact) mass is 973 g/mol. The van der Waals surface area contributed by atoms with Crippen LogP contribution in [-0.2, 0) is 14.4 Å². The molecule has 15 heteroatoms. The van der Waals surface area contributed by atoms with Crippen LogP contribution in [0, 0.1) is 0 Å². The average Bonchev–Trinajstić information content (AvgIpc) is 3.43. The van der Waals surface area contributed by atoms with Crippen LogP contribution in [-0.4, -0.2) is 117 Å². The molecule has 0 spiro atoms. The number of halogens is 1. The van der Waals surface area contributed by atoms with E-state index in [0.717, 1.165) is 76.1 Å². The highest BCUT2D eigenvalue weighted by molar-refractivity contribution is 6.27. The zero-order valence-electron chi connectivity index (χ0n) is 39.8. The van der Waals surface area contributed by atoms with Gasteiger partial charge in [0, 0.05) is 75.6 Å². The van der Waals surface area contributed by atoms with Gasteiger partial charge < -0.3 is 43.6 Å². The molecule has 4 fully saturated rings. The lowest BCUT2D eigenvalue weighted by atomic mass is 10.1. The van der Waals surface area contributed by atoms with E-state index in [0.29, 0.717) is 58.0 Å². The molecule has 3 amide bonds. The molecule has 0 saturated carbocycles. The normalized spacial score (nSPS) is 15.8. The number of nitrogens with one attached hydrogen (secondary N) is 2. The molecule has 6 heterocycles. The molecule has 14 nitrogen and oxygen atoms in total. The summed E-state index contributed by atoms with van der Waals surface area (Å²) in [6.45, 7) is 9.08. The van der Waals surface area contributed by atoms with E-state index in [4.69, 9.17) is 29.9 Å². The minimum Gasteiger partial charge on any atom is -0.484 e. The van der Waals surface area contributed by atoms with E-state index in [9.17, 15) is 24.0 Å². The van der Waals surface area contributed by atoms with Gasteiger partial charge in [-0.2, -0.15) is 0 Å². The lowest BCUT2D eigenvalue weighted by Gasteiger charge is -2.27. The fraction of sp³-hybridized carbons (Fsp3) is 0.400. The molecule has 10 rings (SSSR count). The topological polar surface area (TPSA) is 164 Å². The standard InChI is InChI=1S/C22H21NO4.C21H20N2O4.C7H12ClNO.C5H11N/c24-19-14-21(27-20-7-3-2-6-18(19)20)16-8-10-17(11-9-16)26-15-22(25)23-12-4-1-5-13-23;24-18-13-20(27-19-4-2-1-3-17(18)19)15-5-7-16(8-6-15)26-14-21(25)23-11-9-22-10-12-23;8-6-7(10)9-4-2-1-3-5-9;1-2-4-6-5-3-1/h2-3,6-11,14H,1,4-5,12-13,15H2;1-8,13,22H,9-12,14H2;1-6H2;6H,1-5H2. The number of carbonyl (C=O) groups is 3. The van der Waals surface area contributed by atoms with Crippen molar-refractivity contribution in [3.63, 3.8) is 0 Å². The molecule has 2 N–H and O–H groups in total. The number of carbonyl (C=O) groups excluding carboxylic acids is 3. The smallest absolute Gasteiger partial charge is 0.260 e. The summed E-state index contributed by atoms with van der Waals surface area (Å²) in [6.07, 6.45) is 11.1. The Morgan fingerprint density at radius 3 is 1.26 bits per heavy atom. The van der Waals surface area contributed by atoms with E-state index in [2.05, 4.69) is 10.6 Å². The van der Waals surface area contributed by atoms with Crippen LogP contribution in [0.3, 0.4) is 0 Å². The third-order valence-corrected chi connectivity index (χ3v) is 12.7. The van der Waals surface area contributed by atoms with Crippen molar-refractivity contribution in [1.82, 2.24) is 25.3 Å². The number of hydrogen-bond acceptors (Lipinski definition) is 11. The van der Waals surface area contributed by atoms with Gasteiger partial charge in [-0.15, -0.1) is 11.6 Å². The van der Waals surface area contributed by atoms with Crippen LogP contribution in [0.4, 0.5) is 0 Å². The molecule has 370 valence electrons. The van der Waals surface area contributed by atoms with Gasteiger partial charge in [0.25, 0.3) is 11.8 Å². The Hall–Kier alpha value is -6.48. The summed E-state index contributed by atoms with van der Waals surface area (Å²) in [5, 5.41) is 7.63. The number of hydrogen-bond donors (Lipinski definition) is 2. The first kappa shape index (κ1) is 51.4. The molecule has 4 saturated heterocycles. The van der Waals surface area contributed by atoms with Gasteiger partial charge in [0.2, 0.25) is 5.91 Å². The first-order valence-corrected chi connectivity index (χ1v) is 25.1. The van der Waals surface area contributed by atoms with E-state index in [1.165, 1.54) is 57.3 Å². The molecule has 6 aromatic rings. The number of piperazine rings is 1. The zero-order chi connectivity index (χ0) is 48.9. The molecule has 4 aliphatic rings. The van der Waals surface area contributed by atoms with Gasteiger partial charge in [-0.3, -0.25) is 24.0 Å². The molecular formula is C55H64ClN5O9. The predicted octanol–water partition coefficient (Wildman–Crippen LogP) is 8.12. The van der Waals surface area contributed by atoms with Crippen molar-refractivity contribution in [2.24, 2.45) is 0 Å². The van der Waals surface area contributed by atoms with Gasteiger partial charge in [-0.1, -0.05) is 30.7 Å². The molecule has 0 aliphatic carbocycles. The Balaban J connectivity index is 0.000000157. The Morgan fingerprint density at radius 2 is 0.857 bits per heavy atom. The van der Waals surface area contributed by atoms with Gasteiger partial charge in [-0.05, 0) is 137 Å². The molecule has 0 radical (unpaired) electrons. The second-order valence-electron chi connectivity index (χ2n) is 17.5. The number of nitrogens with zero attached hydrogens (tertiary/aromatic N) is 3. The van der Waals surface area contributed by atoms with Crippen LogP contribution < -0.4 is 31.0 Å². The summed E-state index contributed by atoms with van der Waals surface area (Å²) in [5.41, 5.74) is 2.54. The lowest BCUT2D eigenvalue weighted by molar-refractivity contribution is -0.134. The molecule has 2 aromatic heterocycles. The Kier molecular flexibility index (Phi) is 19.9. The predicted molar refractivity (Wildman–Crippen MR) is 275 cm³/mol. The summed E-state index contributed by atoms with van der Waals surface area (Å²) < 4.78 is 22.9. The van der Waals surface area contributed by atoms with Crippen molar-refractivity contribution >= 4 is 51.3 Å². The maximum atomic E-state index is 12.2. The SMILES string of the molecule is C1CCNCC1.O=C(CCl)N1CCCCC1.O=C(COc1ccc(-c2cc(=O)c3ccccc3o2)cc1)N1CCCCC1.O=C(COc1ccc(-c2cc(=O)c3ccccc3o2)cc1)N1CCNCC1. The number of benzene rings is 4. The van der Waals surface area contributed by atoms with E-state index >= 15 is 0 Å². The summed E-state index contributed by atoms with van der Waals surface area (Å²) in [7, 11) is 0. The highest BCUT2D eigenvalue weighted by atomic mass is 35.5. The van der Waals surface area contributed by atoms with E-state index in [1.807, 2.05) is 58.3 Å². The van der Waals surface area contributed by atoms with Crippen molar-refractivity contribution in [2.45, 2.75) is 57.8 Å². The van der Waals surface area contributed by atoms with E-state index in [-0.39, 0.29) is 47.7 Å². The number of ether oxygens (including phenoxy) is 2. The summed E-state index contributed by atoms with van der Waals surface area (Å²) in [4.78, 5) is 65.3. The molecule has 4 aromatic carbocycles. The number of alkyl halides is 1. The van der Waals surface area contributed by atoms with Crippen molar-refractivity contribution in [2.75, 3.05) is 84.5 Å². The third kappa shape index (κ3) is 15.3. The Labute approximate surface area is 413 Å². The molecule has 0 unspecified atom stereocenters. The van der Waals surface area contributed by atoms with E-state index in [1.54, 1.807) is 53.4 Å². The van der Waals surface area contributed by atoms with Crippen LogP contribution in [0.1, 0.15) is 57.8 Å². The Bertz CT molecular complexity index is 2540. The summed E-state index contributed by atoms with van der Waals surface area (Å²) in [5.74, 6) is 2.47. The molecule has 0 bridgehead atoms. The van der Waals surface area contributed by atoms with Crippen LogP contribution in [0.5, 0.6) is 11.5 Å². The minimum absolute atomic E-state index is 0.0129. The van der Waals surface area contributed by atoms with Gasteiger partial charge in [0.05, 0.1) is 10.8 Å². The Morgan fingerprint density at radius 1 is 0.471 bits per heavy atom. The van der Waals surface area contributed by atoms with Gasteiger partial charge >= 0.3 is 0 Å². The summed E-state index contributed by atoms with van der Waals surface area (Å²) in [6, 6.07) is 31.8. The van der Waals surface area contributed by atoms with Crippen LogP contribution >= 0.6 is 11.6 Å². The quantitative estimate of drug-likeness (QED) is 0.135. The maximum Gasteiger partial charge on any atom is 0.260 e. The number of piperidine rings is 3. The second-order valence-corrected chi connectivity index (χ2v) is 17.8. The number of rotatable bonds is 9. The minimum atomic E-state index is -0.0752. The largest absolute Gasteiger partial charge is 0.484 e. The van der Waals surface area contributed by atoms with Crippen LogP contribution in [0.2, 0.25) is 0 Å². The second kappa shape index (κ2) is 27.1. The fourth-order valence-corrected chi connectivity index (χ4v) is 8.65. The van der Waals surface area contributed by atoms with Crippen molar-refractivity contribution in [1.29, 1.82) is 0 Å². The first-order chi connectivity index (χ1) is 34.2. The summed E-state index contributed by atoms with van der Waals surface area (Å²) >= 11 is 5.39.